The van der Waals surface area contributed by atoms with Crippen molar-refractivity contribution in [3.8, 4) is 5.75 Å². The summed E-state index contributed by atoms with van der Waals surface area (Å²) in [6.07, 6.45) is 2.83. The van der Waals surface area contributed by atoms with E-state index in [1.54, 1.807) is 0 Å². The summed E-state index contributed by atoms with van der Waals surface area (Å²) in [7, 11) is 2.13. The van der Waals surface area contributed by atoms with Crippen LogP contribution in [0.15, 0.2) is 30.3 Å². The lowest BCUT2D eigenvalue weighted by Gasteiger charge is -2.25. The van der Waals surface area contributed by atoms with Crippen molar-refractivity contribution in [1.82, 2.24) is 24.6 Å². The quantitative estimate of drug-likeness (QED) is 0.832. The van der Waals surface area contributed by atoms with Gasteiger partial charge in [0.2, 0.25) is 0 Å². The molecule has 7 nitrogen and oxygen atoms in total. The van der Waals surface area contributed by atoms with E-state index in [0.717, 1.165) is 62.8 Å². The van der Waals surface area contributed by atoms with Crippen molar-refractivity contribution in [2.45, 2.75) is 31.8 Å². The van der Waals surface area contributed by atoms with E-state index in [1.807, 2.05) is 35.2 Å². The predicted molar refractivity (Wildman–Crippen MR) is 96.8 cm³/mol. The molecule has 1 atom stereocenters. The summed E-state index contributed by atoms with van der Waals surface area (Å²) < 4.78 is 7.87. The molecule has 2 aliphatic rings. The summed E-state index contributed by atoms with van der Waals surface area (Å²) in [5.41, 5.74) is 0. The summed E-state index contributed by atoms with van der Waals surface area (Å²) in [4.78, 5) is 17.0. The summed E-state index contributed by atoms with van der Waals surface area (Å²) >= 11 is 0. The number of nitrogens with zero attached hydrogens (tertiary/aromatic N) is 5. The van der Waals surface area contributed by atoms with Gasteiger partial charge in [-0.25, -0.2) is 0 Å². The Bertz CT molecular complexity index is 761. The van der Waals surface area contributed by atoms with Crippen LogP contribution < -0.4 is 4.74 Å². The average Bonchev–Trinajstić information content (AvgIpc) is 3.26. The minimum absolute atomic E-state index is 0.00605. The number of aromatic nitrogens is 3. The van der Waals surface area contributed by atoms with Gasteiger partial charge < -0.3 is 19.1 Å². The van der Waals surface area contributed by atoms with Crippen LogP contribution in [0.4, 0.5) is 0 Å². The number of carbonyl (C=O) groups is 1. The number of amides is 1. The molecule has 0 aliphatic carbocycles. The smallest absolute Gasteiger partial charge is 0.261 e. The molecular weight excluding hydrogens is 330 g/mol. The molecule has 1 fully saturated rings. The highest BCUT2D eigenvalue weighted by molar-refractivity contribution is 5.78. The first-order chi connectivity index (χ1) is 12.7. The number of fused-ring (bicyclic) bond motifs is 1. The second-order valence-electron chi connectivity index (χ2n) is 7.03. The lowest BCUT2D eigenvalue weighted by atomic mass is 10.2. The van der Waals surface area contributed by atoms with Crippen molar-refractivity contribution >= 4 is 5.91 Å². The van der Waals surface area contributed by atoms with Gasteiger partial charge in [-0.2, -0.15) is 0 Å². The summed E-state index contributed by atoms with van der Waals surface area (Å²) in [5, 5.41) is 8.86. The van der Waals surface area contributed by atoms with E-state index in [4.69, 9.17) is 4.74 Å². The summed E-state index contributed by atoms with van der Waals surface area (Å²) in [6.45, 7) is 3.67. The number of hydrogen-bond donors (Lipinski definition) is 0. The SMILES string of the molecule is CN1CCc2nnc([C@H]3CCCN3C(=O)COc3ccccc3)n2CC1. The van der Waals surface area contributed by atoms with Gasteiger partial charge in [0.15, 0.2) is 12.4 Å². The van der Waals surface area contributed by atoms with Gasteiger partial charge in [-0.05, 0) is 32.0 Å². The summed E-state index contributed by atoms with van der Waals surface area (Å²) in [5.74, 6) is 2.69. The number of carbonyl (C=O) groups excluding carboxylic acids is 1. The van der Waals surface area contributed by atoms with Crippen LogP contribution in [-0.4, -0.2) is 63.8 Å². The van der Waals surface area contributed by atoms with E-state index in [9.17, 15) is 4.79 Å². The Hall–Kier alpha value is -2.41. The van der Waals surface area contributed by atoms with Crippen LogP contribution in [0.5, 0.6) is 5.75 Å². The Balaban J connectivity index is 1.47. The van der Waals surface area contributed by atoms with E-state index in [1.165, 1.54) is 0 Å². The Morgan fingerprint density at radius 1 is 1.15 bits per heavy atom. The highest BCUT2D eigenvalue weighted by Crippen LogP contribution is 2.31. The first-order valence-corrected chi connectivity index (χ1v) is 9.30. The number of hydrogen-bond acceptors (Lipinski definition) is 5. The number of para-hydroxylation sites is 1. The maximum atomic E-state index is 12.7. The predicted octanol–water partition coefficient (Wildman–Crippen LogP) is 1.51. The molecule has 0 unspecified atom stereocenters. The van der Waals surface area contributed by atoms with Gasteiger partial charge in [0.25, 0.3) is 5.91 Å². The third-order valence-electron chi connectivity index (χ3n) is 5.26. The molecule has 1 aromatic carbocycles. The lowest BCUT2D eigenvalue weighted by Crippen LogP contribution is -2.35. The largest absolute Gasteiger partial charge is 0.484 e. The maximum Gasteiger partial charge on any atom is 0.261 e. The van der Waals surface area contributed by atoms with Gasteiger partial charge in [0.1, 0.15) is 11.6 Å². The third-order valence-corrected chi connectivity index (χ3v) is 5.26. The Morgan fingerprint density at radius 2 is 2.00 bits per heavy atom. The number of rotatable bonds is 4. The zero-order chi connectivity index (χ0) is 17.9. The molecule has 138 valence electrons. The molecule has 0 N–H and O–H groups in total. The van der Waals surface area contributed by atoms with Crippen molar-refractivity contribution in [3.63, 3.8) is 0 Å². The monoisotopic (exact) mass is 355 g/mol. The number of ether oxygens (including phenoxy) is 1. The van der Waals surface area contributed by atoms with Crippen LogP contribution in [0.25, 0.3) is 0 Å². The molecule has 0 saturated carbocycles. The normalized spacial score (nSPS) is 20.7. The highest BCUT2D eigenvalue weighted by atomic mass is 16.5. The number of benzene rings is 1. The molecule has 0 radical (unpaired) electrons. The molecule has 7 heteroatoms. The van der Waals surface area contributed by atoms with Crippen LogP contribution in [0.3, 0.4) is 0 Å². The molecule has 26 heavy (non-hydrogen) atoms. The van der Waals surface area contributed by atoms with E-state index < -0.39 is 0 Å². The molecule has 2 aliphatic heterocycles. The van der Waals surface area contributed by atoms with Crippen LogP contribution in [0.2, 0.25) is 0 Å². The fourth-order valence-electron chi connectivity index (χ4n) is 3.78. The third kappa shape index (κ3) is 3.44. The van der Waals surface area contributed by atoms with E-state index >= 15 is 0 Å². The second kappa shape index (κ2) is 7.45. The minimum atomic E-state index is 0.00605. The van der Waals surface area contributed by atoms with Gasteiger partial charge in [-0.3, -0.25) is 4.79 Å². The molecule has 4 rings (SSSR count). The number of likely N-dealkylation sites (tertiary alicyclic amines) is 1. The van der Waals surface area contributed by atoms with Crippen molar-refractivity contribution in [3.05, 3.63) is 42.0 Å². The average molecular weight is 355 g/mol. The fraction of sp³-hybridized carbons (Fsp3) is 0.526. The lowest BCUT2D eigenvalue weighted by molar-refractivity contribution is -0.134. The summed E-state index contributed by atoms with van der Waals surface area (Å²) in [6, 6.07) is 9.47. The molecule has 0 spiro atoms. The molecule has 3 heterocycles. The van der Waals surface area contributed by atoms with Crippen LogP contribution in [0.1, 0.15) is 30.5 Å². The Morgan fingerprint density at radius 3 is 2.85 bits per heavy atom. The molecule has 1 aromatic heterocycles. The molecular formula is C19H25N5O2. The van der Waals surface area contributed by atoms with Gasteiger partial charge >= 0.3 is 0 Å². The van der Waals surface area contributed by atoms with Gasteiger partial charge in [0, 0.05) is 32.6 Å². The maximum absolute atomic E-state index is 12.7. The van der Waals surface area contributed by atoms with Crippen molar-refractivity contribution in [2.24, 2.45) is 0 Å². The van der Waals surface area contributed by atoms with E-state index in [-0.39, 0.29) is 18.6 Å². The first-order valence-electron chi connectivity index (χ1n) is 9.30. The Kier molecular flexibility index (Phi) is 4.88. The zero-order valence-electron chi connectivity index (χ0n) is 15.2. The standard InChI is InChI=1S/C19H25N5O2/c1-22-11-9-17-20-21-19(24(17)13-12-22)16-8-5-10-23(16)18(25)14-26-15-6-3-2-4-7-15/h2-4,6-7,16H,5,8-14H2,1H3/t16-/m1/s1. The van der Waals surface area contributed by atoms with Crippen molar-refractivity contribution in [2.75, 3.05) is 33.3 Å². The highest BCUT2D eigenvalue weighted by Gasteiger charge is 2.34. The van der Waals surface area contributed by atoms with Crippen LogP contribution in [0, 0.1) is 0 Å². The van der Waals surface area contributed by atoms with Gasteiger partial charge in [-0.1, -0.05) is 18.2 Å². The second-order valence-corrected chi connectivity index (χ2v) is 7.03. The van der Waals surface area contributed by atoms with Crippen molar-refractivity contribution in [1.29, 1.82) is 0 Å². The molecule has 0 bridgehead atoms. The van der Waals surface area contributed by atoms with Gasteiger partial charge in [0.05, 0.1) is 6.04 Å². The fourth-order valence-corrected chi connectivity index (χ4v) is 3.78. The molecule has 1 saturated heterocycles. The van der Waals surface area contributed by atoms with E-state index in [2.05, 4.69) is 26.7 Å². The topological polar surface area (TPSA) is 63.5 Å². The van der Waals surface area contributed by atoms with Crippen LogP contribution in [-0.2, 0) is 17.8 Å². The Labute approximate surface area is 153 Å². The number of likely N-dealkylation sites (N-methyl/N-ethyl adjacent to an activating group) is 1. The van der Waals surface area contributed by atoms with Crippen LogP contribution >= 0.6 is 0 Å². The van der Waals surface area contributed by atoms with E-state index in [0.29, 0.717) is 0 Å². The van der Waals surface area contributed by atoms with Crippen molar-refractivity contribution < 1.29 is 9.53 Å². The molecule has 1 amide bonds. The zero-order valence-corrected chi connectivity index (χ0v) is 15.2. The molecule has 2 aromatic rings. The van der Waals surface area contributed by atoms with Gasteiger partial charge in [-0.15, -0.1) is 10.2 Å². The first kappa shape index (κ1) is 17.0. The minimum Gasteiger partial charge on any atom is -0.484 e.